The highest BCUT2D eigenvalue weighted by Crippen LogP contribution is 2.40. The molecule has 1 N–H and O–H groups in total. The van der Waals surface area contributed by atoms with Crippen molar-refractivity contribution in [1.82, 2.24) is 19.6 Å². The third-order valence-corrected chi connectivity index (χ3v) is 4.69. The molecule has 1 aromatic carbocycles. The number of carbonyl (C=O) groups is 1. The summed E-state index contributed by atoms with van der Waals surface area (Å²) in [5, 5.41) is 11.6. The zero-order valence-electron chi connectivity index (χ0n) is 14.5. The molecule has 0 radical (unpaired) electrons. The zero-order chi connectivity index (χ0) is 18.1. The van der Waals surface area contributed by atoms with Crippen LogP contribution in [0.3, 0.4) is 0 Å². The van der Waals surface area contributed by atoms with Gasteiger partial charge in [-0.3, -0.25) is 9.48 Å². The van der Waals surface area contributed by atoms with Gasteiger partial charge in [0.1, 0.15) is 18.2 Å². The molecule has 6 nitrogen and oxygen atoms in total. The van der Waals surface area contributed by atoms with Crippen molar-refractivity contribution in [3.63, 3.8) is 0 Å². The fourth-order valence-corrected chi connectivity index (χ4v) is 3.10. The first-order chi connectivity index (χ1) is 12.6. The van der Waals surface area contributed by atoms with E-state index >= 15 is 0 Å². The van der Waals surface area contributed by atoms with Gasteiger partial charge in [0.2, 0.25) is 5.91 Å². The smallest absolute Gasteiger partial charge is 0.247 e. The molecule has 26 heavy (non-hydrogen) atoms. The van der Waals surface area contributed by atoms with Crippen molar-refractivity contribution in [2.75, 3.05) is 5.32 Å². The van der Waals surface area contributed by atoms with Crippen LogP contribution in [0.4, 0.5) is 10.2 Å². The second kappa shape index (κ2) is 6.74. The number of hydrogen-bond donors (Lipinski definition) is 1. The van der Waals surface area contributed by atoms with Gasteiger partial charge in [-0.2, -0.15) is 10.2 Å². The van der Waals surface area contributed by atoms with Gasteiger partial charge in [0.25, 0.3) is 0 Å². The minimum absolute atomic E-state index is 0.0817. The predicted octanol–water partition coefficient (Wildman–Crippen LogP) is 3.50. The average Bonchev–Trinajstić information content (AvgIpc) is 3.20. The summed E-state index contributed by atoms with van der Waals surface area (Å²) >= 11 is 0. The van der Waals surface area contributed by atoms with Crippen molar-refractivity contribution in [3.8, 4) is 11.3 Å². The van der Waals surface area contributed by atoms with Crippen LogP contribution < -0.4 is 5.32 Å². The number of nitrogens with zero attached hydrogens (tertiary/aromatic N) is 4. The molecule has 134 valence electrons. The Morgan fingerprint density at radius 3 is 2.96 bits per heavy atom. The van der Waals surface area contributed by atoms with E-state index in [1.54, 1.807) is 41.3 Å². The molecule has 1 aliphatic carbocycles. The lowest BCUT2D eigenvalue weighted by molar-refractivity contribution is -0.116. The molecule has 1 amide bonds. The van der Waals surface area contributed by atoms with Crippen molar-refractivity contribution in [2.45, 2.75) is 32.4 Å². The molecule has 1 aliphatic rings. The maximum Gasteiger partial charge on any atom is 0.247 e. The standard InChI is InChI=1S/C19H20FN5O/c1-13(14-5-6-14)25-18(7-9-21-25)22-19(26)12-24-10-8-17(23-24)15-3-2-4-16(20)11-15/h2-4,7-11,13-14H,5-6,12H2,1H3,(H,22,26)/t13-/m0/s1. The first-order valence-corrected chi connectivity index (χ1v) is 8.73. The van der Waals surface area contributed by atoms with Gasteiger partial charge < -0.3 is 5.32 Å². The molecule has 4 rings (SSSR count). The van der Waals surface area contributed by atoms with Crippen LogP contribution in [0.25, 0.3) is 11.3 Å². The largest absolute Gasteiger partial charge is 0.309 e. The fourth-order valence-electron chi connectivity index (χ4n) is 3.10. The summed E-state index contributed by atoms with van der Waals surface area (Å²) in [6.07, 6.45) is 5.84. The van der Waals surface area contributed by atoms with Gasteiger partial charge in [-0.25, -0.2) is 9.07 Å². The first kappa shape index (κ1) is 16.5. The first-order valence-electron chi connectivity index (χ1n) is 8.73. The van der Waals surface area contributed by atoms with Crippen molar-refractivity contribution in [3.05, 3.63) is 54.6 Å². The van der Waals surface area contributed by atoms with Crippen LogP contribution in [0.2, 0.25) is 0 Å². The van der Waals surface area contributed by atoms with E-state index in [0.717, 1.165) is 0 Å². The number of anilines is 1. The molecule has 7 heteroatoms. The van der Waals surface area contributed by atoms with Crippen molar-refractivity contribution >= 4 is 11.7 Å². The normalized spacial score (nSPS) is 15.0. The van der Waals surface area contributed by atoms with Crippen LogP contribution in [-0.2, 0) is 11.3 Å². The van der Waals surface area contributed by atoms with Crippen molar-refractivity contribution < 1.29 is 9.18 Å². The molecule has 0 spiro atoms. The molecule has 1 saturated carbocycles. The van der Waals surface area contributed by atoms with Crippen molar-refractivity contribution in [2.24, 2.45) is 5.92 Å². The summed E-state index contributed by atoms with van der Waals surface area (Å²) < 4.78 is 16.8. The Bertz CT molecular complexity index is 927. The molecule has 1 atom stereocenters. The van der Waals surface area contributed by atoms with Gasteiger partial charge in [-0.05, 0) is 43.9 Å². The number of carbonyl (C=O) groups excluding carboxylic acids is 1. The van der Waals surface area contributed by atoms with Gasteiger partial charge in [0.15, 0.2) is 0 Å². The Balaban J connectivity index is 1.42. The molecule has 1 fully saturated rings. The Labute approximate surface area is 150 Å². The lowest BCUT2D eigenvalue weighted by Crippen LogP contribution is -2.22. The fraction of sp³-hybridized carbons (Fsp3) is 0.316. The Hall–Kier alpha value is -2.96. The number of amides is 1. The van der Waals surface area contributed by atoms with E-state index in [0.29, 0.717) is 23.0 Å². The number of benzene rings is 1. The minimum atomic E-state index is -0.312. The summed E-state index contributed by atoms with van der Waals surface area (Å²) in [4.78, 5) is 12.4. The quantitative estimate of drug-likeness (QED) is 0.738. The van der Waals surface area contributed by atoms with Gasteiger partial charge in [0.05, 0.1) is 17.9 Å². The molecule has 2 aromatic heterocycles. The topological polar surface area (TPSA) is 64.7 Å². The van der Waals surface area contributed by atoms with Crippen LogP contribution in [0.5, 0.6) is 0 Å². The number of hydrogen-bond acceptors (Lipinski definition) is 3. The van der Waals surface area contributed by atoms with Crippen LogP contribution in [0, 0.1) is 11.7 Å². The van der Waals surface area contributed by atoms with E-state index in [2.05, 4.69) is 22.4 Å². The van der Waals surface area contributed by atoms with Gasteiger partial charge in [-0.1, -0.05) is 12.1 Å². The van der Waals surface area contributed by atoms with Crippen LogP contribution in [-0.4, -0.2) is 25.5 Å². The van der Waals surface area contributed by atoms with Crippen molar-refractivity contribution in [1.29, 1.82) is 0 Å². The van der Waals surface area contributed by atoms with Gasteiger partial charge >= 0.3 is 0 Å². The second-order valence-electron chi connectivity index (χ2n) is 6.70. The highest BCUT2D eigenvalue weighted by Gasteiger charge is 2.30. The van der Waals surface area contributed by atoms with E-state index < -0.39 is 0 Å². The lowest BCUT2D eigenvalue weighted by Gasteiger charge is -2.15. The van der Waals surface area contributed by atoms with E-state index in [1.165, 1.54) is 25.0 Å². The van der Waals surface area contributed by atoms with E-state index in [9.17, 15) is 9.18 Å². The maximum atomic E-state index is 13.3. The summed E-state index contributed by atoms with van der Waals surface area (Å²) in [6, 6.07) is 10.1. The maximum absolute atomic E-state index is 13.3. The van der Waals surface area contributed by atoms with Gasteiger partial charge in [-0.15, -0.1) is 0 Å². The van der Waals surface area contributed by atoms with Crippen LogP contribution in [0.1, 0.15) is 25.8 Å². The van der Waals surface area contributed by atoms with Crippen LogP contribution in [0.15, 0.2) is 48.8 Å². The summed E-state index contributed by atoms with van der Waals surface area (Å²) in [7, 11) is 0. The number of rotatable bonds is 6. The van der Waals surface area contributed by atoms with E-state index in [4.69, 9.17) is 0 Å². The summed E-state index contributed by atoms with van der Waals surface area (Å²) in [5.41, 5.74) is 1.31. The predicted molar refractivity (Wildman–Crippen MR) is 95.9 cm³/mol. The Morgan fingerprint density at radius 2 is 2.19 bits per heavy atom. The van der Waals surface area contributed by atoms with E-state index in [1.807, 2.05) is 4.68 Å². The minimum Gasteiger partial charge on any atom is -0.309 e. The highest BCUT2D eigenvalue weighted by molar-refractivity contribution is 5.89. The third-order valence-electron chi connectivity index (χ3n) is 4.69. The SMILES string of the molecule is C[C@@H](C1CC1)n1nccc1NC(=O)Cn1ccc(-c2cccc(F)c2)n1. The van der Waals surface area contributed by atoms with E-state index in [-0.39, 0.29) is 24.3 Å². The molecular formula is C19H20FN5O. The summed E-state index contributed by atoms with van der Waals surface area (Å²) in [6.45, 7) is 2.21. The Morgan fingerprint density at radius 1 is 1.35 bits per heavy atom. The average molecular weight is 353 g/mol. The molecule has 3 aromatic rings. The summed E-state index contributed by atoms with van der Waals surface area (Å²) in [5.74, 6) is 0.855. The molecule has 0 bridgehead atoms. The molecule has 0 aliphatic heterocycles. The van der Waals surface area contributed by atoms with Gasteiger partial charge in [0, 0.05) is 17.8 Å². The Kier molecular flexibility index (Phi) is 4.28. The number of nitrogens with one attached hydrogen (secondary N) is 1. The second-order valence-corrected chi connectivity index (χ2v) is 6.70. The molecular weight excluding hydrogens is 333 g/mol. The van der Waals surface area contributed by atoms with Crippen LogP contribution >= 0.6 is 0 Å². The molecule has 0 unspecified atom stereocenters. The lowest BCUT2D eigenvalue weighted by atomic mass is 10.1. The number of aromatic nitrogens is 4. The highest BCUT2D eigenvalue weighted by atomic mass is 19.1. The zero-order valence-corrected chi connectivity index (χ0v) is 14.5. The monoisotopic (exact) mass is 353 g/mol. The third kappa shape index (κ3) is 3.51. The molecule has 0 saturated heterocycles. The molecule has 2 heterocycles. The number of halogens is 1.